The van der Waals surface area contributed by atoms with Crippen molar-refractivity contribution in [3.8, 4) is 0 Å². The molecule has 0 rings (SSSR count). The van der Waals surface area contributed by atoms with Gasteiger partial charge in [0.25, 0.3) is 0 Å². The van der Waals surface area contributed by atoms with Gasteiger partial charge in [-0.3, -0.25) is 14.1 Å². The summed E-state index contributed by atoms with van der Waals surface area (Å²) >= 11 is 0. The van der Waals surface area contributed by atoms with Crippen LogP contribution in [0.2, 0.25) is 0 Å². The molecule has 8 nitrogen and oxygen atoms in total. The van der Waals surface area contributed by atoms with Gasteiger partial charge in [-0.25, -0.2) is 4.57 Å². The molecule has 0 aromatic carbocycles. The third-order valence-electron chi connectivity index (χ3n) is 9.91. The summed E-state index contributed by atoms with van der Waals surface area (Å²) in [5.74, 6) is -0.937. The van der Waals surface area contributed by atoms with Crippen molar-refractivity contribution in [1.82, 2.24) is 0 Å². The molecular formula is C46H85O8P. The van der Waals surface area contributed by atoms with Gasteiger partial charge in [0, 0.05) is 12.8 Å². The van der Waals surface area contributed by atoms with Crippen molar-refractivity contribution >= 4 is 19.8 Å². The van der Waals surface area contributed by atoms with E-state index in [1.54, 1.807) is 0 Å². The molecule has 0 saturated carbocycles. The molecule has 0 fully saturated rings. The van der Waals surface area contributed by atoms with Crippen LogP contribution in [0.3, 0.4) is 0 Å². The van der Waals surface area contributed by atoms with Crippen LogP contribution in [0, 0.1) is 0 Å². The molecule has 0 saturated heterocycles. The first-order chi connectivity index (χ1) is 26.8. The van der Waals surface area contributed by atoms with Gasteiger partial charge in [0.1, 0.15) is 6.61 Å². The van der Waals surface area contributed by atoms with Gasteiger partial charge >= 0.3 is 19.8 Å². The number of allylic oxidation sites excluding steroid dienone is 6. The average Bonchev–Trinajstić information content (AvgIpc) is 3.16. The van der Waals surface area contributed by atoms with Crippen LogP contribution in [0.15, 0.2) is 36.5 Å². The Bertz CT molecular complexity index is 988. The minimum atomic E-state index is -4.77. The molecule has 0 aliphatic rings. The number of phosphoric acid groups is 1. The standard InChI is InChI=1S/C46H85O8P/c1-3-5-7-9-11-13-15-17-19-21-22-23-25-26-28-30-32-34-36-38-40-45(47)52-42-44(43-53-55(49,50)51)54-46(48)41-39-37-35-33-31-29-27-24-20-18-16-14-12-10-8-6-4-2/h18,20,27,29,33,35,44H,3-17,19,21-26,28,30-32,34,36-43H2,1-2H3,(H2,49,50,51)/b20-18+,29-27+,35-33+/t44-/m1/s1. The molecule has 0 heterocycles. The van der Waals surface area contributed by atoms with Gasteiger partial charge in [-0.05, 0) is 44.9 Å². The van der Waals surface area contributed by atoms with E-state index >= 15 is 0 Å². The number of carbonyl (C=O) groups excluding carboxylic acids is 2. The SMILES string of the molecule is CCCCCCCC/C=C/C/C=C/C/C=C/CCCC(=O)O[C@H](COC(=O)CCCCCCCCCCCCCCCCCCCCCC)COP(=O)(O)O. The first-order valence-electron chi connectivity index (χ1n) is 22.8. The van der Waals surface area contributed by atoms with Gasteiger partial charge in [0.05, 0.1) is 6.61 Å². The number of hydrogen-bond donors (Lipinski definition) is 2. The minimum absolute atomic E-state index is 0.142. The summed E-state index contributed by atoms with van der Waals surface area (Å²) in [7, 11) is -4.77. The van der Waals surface area contributed by atoms with Crippen LogP contribution in [0.4, 0.5) is 0 Å². The summed E-state index contributed by atoms with van der Waals surface area (Å²) in [6, 6.07) is 0. The Morgan fingerprint density at radius 3 is 1.27 bits per heavy atom. The Hall–Kier alpha value is -1.73. The van der Waals surface area contributed by atoms with Crippen LogP contribution >= 0.6 is 7.82 Å². The molecule has 55 heavy (non-hydrogen) atoms. The van der Waals surface area contributed by atoms with E-state index in [-0.39, 0.29) is 19.4 Å². The summed E-state index contributed by atoms with van der Waals surface area (Å²) < 4.78 is 26.4. The maximum Gasteiger partial charge on any atom is 0.469 e. The number of unbranched alkanes of at least 4 members (excludes halogenated alkanes) is 26. The monoisotopic (exact) mass is 797 g/mol. The maximum atomic E-state index is 12.4. The highest BCUT2D eigenvalue weighted by atomic mass is 31.2. The Morgan fingerprint density at radius 2 is 0.836 bits per heavy atom. The van der Waals surface area contributed by atoms with Crippen molar-refractivity contribution in [1.29, 1.82) is 0 Å². The van der Waals surface area contributed by atoms with Gasteiger partial charge < -0.3 is 19.3 Å². The number of hydrogen-bond acceptors (Lipinski definition) is 6. The van der Waals surface area contributed by atoms with E-state index in [2.05, 4.69) is 48.8 Å². The first kappa shape index (κ1) is 53.3. The predicted molar refractivity (Wildman–Crippen MR) is 230 cm³/mol. The number of ether oxygens (including phenoxy) is 2. The topological polar surface area (TPSA) is 119 Å². The molecule has 0 radical (unpaired) electrons. The second-order valence-corrected chi connectivity index (χ2v) is 16.6. The van der Waals surface area contributed by atoms with Crippen LogP contribution in [0.5, 0.6) is 0 Å². The lowest BCUT2D eigenvalue weighted by atomic mass is 10.0. The van der Waals surface area contributed by atoms with Crippen molar-refractivity contribution in [2.45, 2.75) is 232 Å². The molecule has 0 aliphatic heterocycles. The van der Waals surface area contributed by atoms with Crippen LogP contribution in [-0.4, -0.2) is 41.0 Å². The number of phosphoric ester groups is 1. The molecule has 9 heteroatoms. The Morgan fingerprint density at radius 1 is 0.473 bits per heavy atom. The quantitative estimate of drug-likeness (QED) is 0.0271. The van der Waals surface area contributed by atoms with E-state index < -0.39 is 32.5 Å². The summed E-state index contributed by atoms with van der Waals surface area (Å²) in [5, 5.41) is 0. The van der Waals surface area contributed by atoms with E-state index in [1.807, 2.05) is 6.08 Å². The van der Waals surface area contributed by atoms with Crippen molar-refractivity contribution in [2.75, 3.05) is 13.2 Å². The zero-order valence-electron chi connectivity index (χ0n) is 35.6. The average molecular weight is 797 g/mol. The lowest BCUT2D eigenvalue weighted by molar-refractivity contribution is -0.161. The highest BCUT2D eigenvalue weighted by Crippen LogP contribution is 2.36. The van der Waals surface area contributed by atoms with E-state index in [0.29, 0.717) is 12.8 Å². The molecule has 0 aromatic rings. The van der Waals surface area contributed by atoms with E-state index in [4.69, 9.17) is 19.3 Å². The zero-order valence-corrected chi connectivity index (χ0v) is 36.5. The fourth-order valence-corrected chi connectivity index (χ4v) is 6.87. The molecule has 0 amide bonds. The summed E-state index contributed by atoms with van der Waals surface area (Å²) in [4.78, 5) is 42.9. The lowest BCUT2D eigenvalue weighted by Crippen LogP contribution is -2.29. The molecule has 0 spiro atoms. The van der Waals surface area contributed by atoms with Crippen molar-refractivity contribution in [2.24, 2.45) is 0 Å². The summed E-state index contributed by atoms with van der Waals surface area (Å²) in [5.41, 5.74) is 0. The van der Waals surface area contributed by atoms with Crippen molar-refractivity contribution in [3.63, 3.8) is 0 Å². The molecule has 2 N–H and O–H groups in total. The van der Waals surface area contributed by atoms with Crippen LogP contribution in [0.25, 0.3) is 0 Å². The Balaban J connectivity index is 3.91. The third-order valence-corrected chi connectivity index (χ3v) is 10.4. The number of carbonyl (C=O) groups is 2. The van der Waals surface area contributed by atoms with Crippen LogP contribution in [-0.2, 0) is 28.2 Å². The van der Waals surface area contributed by atoms with Gasteiger partial charge in [0.15, 0.2) is 6.10 Å². The maximum absolute atomic E-state index is 12.4. The third kappa shape index (κ3) is 44.8. The number of rotatable bonds is 42. The van der Waals surface area contributed by atoms with Crippen LogP contribution < -0.4 is 0 Å². The lowest BCUT2D eigenvalue weighted by Gasteiger charge is -2.18. The summed E-state index contributed by atoms with van der Waals surface area (Å²) in [6.07, 6.45) is 50.2. The Kier molecular flexibility index (Phi) is 40.6. The smallest absolute Gasteiger partial charge is 0.462 e. The van der Waals surface area contributed by atoms with E-state index in [9.17, 15) is 14.2 Å². The van der Waals surface area contributed by atoms with Gasteiger partial charge in [-0.15, -0.1) is 0 Å². The second kappa shape index (κ2) is 41.9. The minimum Gasteiger partial charge on any atom is -0.462 e. The highest BCUT2D eigenvalue weighted by molar-refractivity contribution is 7.46. The number of esters is 2. The molecule has 0 bridgehead atoms. The Labute approximate surface area is 338 Å². The predicted octanol–water partition coefficient (Wildman–Crippen LogP) is 14.1. The zero-order chi connectivity index (χ0) is 40.3. The molecule has 1 atom stereocenters. The normalized spacial score (nSPS) is 12.7. The van der Waals surface area contributed by atoms with Gasteiger partial charge in [-0.2, -0.15) is 0 Å². The van der Waals surface area contributed by atoms with Gasteiger partial charge in [0.2, 0.25) is 0 Å². The fourth-order valence-electron chi connectivity index (χ4n) is 6.51. The van der Waals surface area contributed by atoms with Crippen molar-refractivity contribution < 1.29 is 37.9 Å². The first-order valence-corrected chi connectivity index (χ1v) is 24.3. The largest absolute Gasteiger partial charge is 0.469 e. The van der Waals surface area contributed by atoms with Gasteiger partial charge in [-0.1, -0.05) is 204 Å². The van der Waals surface area contributed by atoms with E-state index in [0.717, 1.165) is 38.5 Å². The highest BCUT2D eigenvalue weighted by Gasteiger charge is 2.22. The van der Waals surface area contributed by atoms with Crippen molar-refractivity contribution in [3.05, 3.63) is 36.5 Å². The summed E-state index contributed by atoms with van der Waals surface area (Å²) in [6.45, 7) is 3.66. The van der Waals surface area contributed by atoms with Crippen LogP contribution in [0.1, 0.15) is 226 Å². The molecular weight excluding hydrogens is 711 g/mol. The molecule has 0 aliphatic carbocycles. The van der Waals surface area contributed by atoms with E-state index in [1.165, 1.54) is 148 Å². The molecule has 0 unspecified atom stereocenters. The molecule has 322 valence electrons. The fraction of sp³-hybridized carbons (Fsp3) is 0.826. The second-order valence-electron chi connectivity index (χ2n) is 15.4. The molecule has 0 aromatic heterocycles.